The molecule has 156 valence electrons. The van der Waals surface area contributed by atoms with E-state index in [0.717, 1.165) is 5.56 Å². The highest BCUT2D eigenvalue weighted by Gasteiger charge is 2.14. The van der Waals surface area contributed by atoms with Gasteiger partial charge in [0.05, 0.1) is 23.8 Å². The van der Waals surface area contributed by atoms with E-state index in [1.54, 1.807) is 54.6 Å². The summed E-state index contributed by atoms with van der Waals surface area (Å²) in [5.41, 5.74) is 2.47. The largest absolute Gasteiger partial charge is 0.493 e. The van der Waals surface area contributed by atoms with Crippen molar-refractivity contribution in [2.75, 3.05) is 19.0 Å². The highest BCUT2D eigenvalue weighted by Crippen LogP contribution is 2.37. The lowest BCUT2D eigenvalue weighted by atomic mass is 10.0. The summed E-state index contributed by atoms with van der Waals surface area (Å²) in [5, 5.41) is 13.1. The lowest BCUT2D eigenvalue weighted by Crippen LogP contribution is -2.20. The van der Waals surface area contributed by atoms with Crippen molar-refractivity contribution < 1.29 is 14.3 Å². The first-order valence-corrected chi connectivity index (χ1v) is 9.98. The van der Waals surface area contributed by atoms with Crippen molar-refractivity contribution in [1.29, 1.82) is 5.26 Å². The Kier molecular flexibility index (Phi) is 7.55. The van der Waals surface area contributed by atoms with Gasteiger partial charge in [-0.15, -0.1) is 0 Å². The number of rotatable bonds is 7. The Morgan fingerprint density at radius 3 is 2.45 bits per heavy atom. The molecule has 0 aliphatic rings. The van der Waals surface area contributed by atoms with Crippen LogP contribution in [-0.4, -0.2) is 19.6 Å². The van der Waals surface area contributed by atoms with E-state index in [4.69, 9.17) is 32.7 Å². The maximum absolute atomic E-state index is 12.2. The summed E-state index contributed by atoms with van der Waals surface area (Å²) in [6.45, 7) is -0.242. The van der Waals surface area contributed by atoms with Crippen LogP contribution in [0.1, 0.15) is 11.1 Å². The lowest BCUT2D eigenvalue weighted by molar-refractivity contribution is -0.118. The number of hydrogen-bond acceptors (Lipinski definition) is 4. The number of carbonyl (C=O) groups is 1. The normalized spacial score (nSPS) is 10.8. The average Bonchev–Trinajstić information content (AvgIpc) is 2.77. The van der Waals surface area contributed by atoms with Gasteiger partial charge in [0.1, 0.15) is 0 Å². The molecule has 3 rings (SSSR count). The van der Waals surface area contributed by atoms with E-state index in [0.29, 0.717) is 27.6 Å². The Balaban J connectivity index is 1.78. The number of amides is 1. The minimum atomic E-state index is -0.331. The van der Waals surface area contributed by atoms with Gasteiger partial charge in [-0.3, -0.25) is 4.79 Å². The van der Waals surface area contributed by atoms with Crippen LogP contribution in [0.2, 0.25) is 10.0 Å². The summed E-state index contributed by atoms with van der Waals surface area (Å²) < 4.78 is 11.0. The molecule has 0 saturated heterocycles. The molecule has 0 heterocycles. The third kappa shape index (κ3) is 6.02. The van der Waals surface area contributed by atoms with Crippen molar-refractivity contribution in [3.63, 3.8) is 0 Å². The van der Waals surface area contributed by atoms with Crippen LogP contribution in [0, 0.1) is 11.3 Å². The van der Waals surface area contributed by atoms with Crippen molar-refractivity contribution in [3.8, 4) is 17.6 Å². The number of allylic oxidation sites excluding steroid dienone is 1. The van der Waals surface area contributed by atoms with Crippen LogP contribution >= 0.6 is 23.2 Å². The van der Waals surface area contributed by atoms with Crippen molar-refractivity contribution in [2.45, 2.75) is 0 Å². The Morgan fingerprint density at radius 2 is 1.81 bits per heavy atom. The zero-order valence-corrected chi connectivity index (χ0v) is 18.1. The number of para-hydroxylation sites is 1. The number of hydrogen-bond donors (Lipinski definition) is 1. The van der Waals surface area contributed by atoms with Crippen LogP contribution in [0.15, 0.2) is 66.7 Å². The molecular formula is C24H18Cl2N2O3. The van der Waals surface area contributed by atoms with Crippen molar-refractivity contribution in [1.82, 2.24) is 0 Å². The average molecular weight is 453 g/mol. The van der Waals surface area contributed by atoms with Crippen molar-refractivity contribution in [3.05, 3.63) is 87.9 Å². The fraction of sp³-hybridized carbons (Fsp3) is 0.0833. The molecule has 0 bridgehead atoms. The summed E-state index contributed by atoms with van der Waals surface area (Å²) >= 11 is 12.3. The van der Waals surface area contributed by atoms with Crippen LogP contribution in [0.3, 0.4) is 0 Å². The molecule has 1 N–H and O–H groups in total. The molecular weight excluding hydrogens is 435 g/mol. The molecule has 0 radical (unpaired) electrons. The monoisotopic (exact) mass is 452 g/mol. The van der Waals surface area contributed by atoms with E-state index in [2.05, 4.69) is 11.4 Å². The Bertz CT molecular complexity index is 1140. The second-order valence-electron chi connectivity index (χ2n) is 6.41. The first kappa shape index (κ1) is 22.2. The van der Waals surface area contributed by atoms with Crippen LogP contribution in [0.5, 0.6) is 11.5 Å². The van der Waals surface area contributed by atoms with Gasteiger partial charge < -0.3 is 14.8 Å². The third-order valence-electron chi connectivity index (χ3n) is 4.24. The van der Waals surface area contributed by atoms with E-state index in [1.807, 2.05) is 18.2 Å². The molecule has 0 aromatic heterocycles. The first-order valence-electron chi connectivity index (χ1n) is 9.23. The van der Waals surface area contributed by atoms with Crippen LogP contribution in [0.4, 0.5) is 5.69 Å². The molecule has 7 heteroatoms. The number of nitriles is 1. The minimum Gasteiger partial charge on any atom is -0.493 e. The van der Waals surface area contributed by atoms with Gasteiger partial charge in [0.2, 0.25) is 0 Å². The van der Waals surface area contributed by atoms with Gasteiger partial charge in [0.25, 0.3) is 5.91 Å². The first-order chi connectivity index (χ1) is 15.0. The van der Waals surface area contributed by atoms with E-state index in [9.17, 15) is 10.1 Å². The highest BCUT2D eigenvalue weighted by atomic mass is 35.5. The van der Waals surface area contributed by atoms with Gasteiger partial charge in [0.15, 0.2) is 18.1 Å². The zero-order valence-electron chi connectivity index (χ0n) is 16.6. The van der Waals surface area contributed by atoms with Crippen LogP contribution in [-0.2, 0) is 4.79 Å². The molecule has 0 atom stereocenters. The minimum absolute atomic E-state index is 0.242. The van der Waals surface area contributed by atoms with Crippen molar-refractivity contribution >= 4 is 46.4 Å². The SMILES string of the molecule is COc1cc(/C=C(\C#N)c2ccc(Cl)cc2)cc(Cl)c1OCC(=O)Nc1ccccc1. The molecule has 0 saturated carbocycles. The fourth-order valence-corrected chi connectivity index (χ4v) is 3.20. The number of halogens is 2. The number of ether oxygens (including phenoxy) is 2. The molecule has 0 aliphatic heterocycles. The quantitative estimate of drug-likeness (QED) is 0.348. The molecule has 0 aliphatic carbocycles. The second kappa shape index (κ2) is 10.5. The number of nitrogens with one attached hydrogen (secondary N) is 1. The maximum atomic E-state index is 12.2. The van der Waals surface area contributed by atoms with Gasteiger partial charge in [-0.2, -0.15) is 5.26 Å². The summed E-state index contributed by atoms with van der Waals surface area (Å²) in [6, 6.07) is 21.5. The number of carbonyl (C=O) groups excluding carboxylic acids is 1. The molecule has 0 unspecified atom stereocenters. The number of benzene rings is 3. The predicted octanol–water partition coefficient (Wildman–Crippen LogP) is 6.08. The standard InChI is InChI=1S/C24H18Cl2N2O3/c1-30-22-13-16(11-18(14-27)17-7-9-19(25)10-8-17)12-21(26)24(22)31-15-23(29)28-20-5-3-2-4-6-20/h2-13H,15H2,1H3,(H,28,29)/b18-11+. The van der Waals surface area contributed by atoms with Crippen LogP contribution in [0.25, 0.3) is 11.6 Å². The Morgan fingerprint density at radius 1 is 1.10 bits per heavy atom. The molecule has 3 aromatic rings. The van der Waals surface area contributed by atoms with Gasteiger partial charge in [-0.25, -0.2) is 0 Å². The number of anilines is 1. The third-order valence-corrected chi connectivity index (χ3v) is 4.78. The lowest BCUT2D eigenvalue weighted by Gasteiger charge is -2.13. The summed E-state index contributed by atoms with van der Waals surface area (Å²) in [5.74, 6) is 0.261. The zero-order chi connectivity index (χ0) is 22.2. The van der Waals surface area contributed by atoms with Gasteiger partial charge in [-0.1, -0.05) is 53.5 Å². The van der Waals surface area contributed by atoms with Gasteiger partial charge in [-0.05, 0) is 53.6 Å². The van der Waals surface area contributed by atoms with Gasteiger partial charge in [0, 0.05) is 10.7 Å². The molecule has 1 amide bonds. The topological polar surface area (TPSA) is 71.3 Å². The molecule has 3 aromatic carbocycles. The molecule has 31 heavy (non-hydrogen) atoms. The summed E-state index contributed by atoms with van der Waals surface area (Å²) in [4.78, 5) is 12.2. The summed E-state index contributed by atoms with van der Waals surface area (Å²) in [6.07, 6.45) is 1.68. The van der Waals surface area contributed by atoms with E-state index >= 15 is 0 Å². The predicted molar refractivity (Wildman–Crippen MR) is 124 cm³/mol. The Labute approximate surface area is 190 Å². The van der Waals surface area contributed by atoms with E-state index in [-0.39, 0.29) is 23.3 Å². The van der Waals surface area contributed by atoms with E-state index < -0.39 is 0 Å². The Hall–Kier alpha value is -3.46. The fourth-order valence-electron chi connectivity index (χ4n) is 2.80. The highest BCUT2D eigenvalue weighted by molar-refractivity contribution is 6.32. The van der Waals surface area contributed by atoms with E-state index in [1.165, 1.54) is 7.11 Å². The molecule has 0 fully saturated rings. The van der Waals surface area contributed by atoms with Crippen molar-refractivity contribution in [2.24, 2.45) is 0 Å². The summed E-state index contributed by atoms with van der Waals surface area (Å²) in [7, 11) is 1.47. The smallest absolute Gasteiger partial charge is 0.262 e. The molecule has 5 nitrogen and oxygen atoms in total. The number of methoxy groups -OCH3 is 1. The number of nitrogens with zero attached hydrogens (tertiary/aromatic N) is 1. The van der Waals surface area contributed by atoms with Gasteiger partial charge >= 0.3 is 0 Å². The second-order valence-corrected chi connectivity index (χ2v) is 7.26. The maximum Gasteiger partial charge on any atom is 0.262 e. The van der Waals surface area contributed by atoms with Crippen LogP contribution < -0.4 is 14.8 Å². The molecule has 0 spiro atoms.